The molecule has 7 nitrogen and oxygen atoms in total. The van der Waals surface area contributed by atoms with E-state index in [0.29, 0.717) is 11.8 Å². The lowest BCUT2D eigenvalue weighted by Crippen LogP contribution is -2.47. The van der Waals surface area contributed by atoms with E-state index >= 15 is 0 Å². The number of sulfonamides is 1. The first kappa shape index (κ1) is 21.4. The molecule has 2 N–H and O–H groups in total. The van der Waals surface area contributed by atoms with E-state index in [-0.39, 0.29) is 22.4 Å². The van der Waals surface area contributed by atoms with Crippen molar-refractivity contribution in [3.63, 3.8) is 0 Å². The minimum absolute atomic E-state index is 0.0402. The van der Waals surface area contributed by atoms with E-state index in [1.165, 1.54) is 38.2 Å². The summed E-state index contributed by atoms with van der Waals surface area (Å²) < 4.78 is 31.1. The Kier molecular flexibility index (Phi) is 7.00. The summed E-state index contributed by atoms with van der Waals surface area (Å²) in [4.78, 5) is 24.7. The highest BCUT2D eigenvalue weighted by atomic mass is 32.2. The molecule has 1 aliphatic rings. The zero-order chi connectivity index (χ0) is 20.2. The first-order valence-corrected chi connectivity index (χ1v) is 10.7. The van der Waals surface area contributed by atoms with Crippen molar-refractivity contribution in [2.75, 3.05) is 7.05 Å². The third-order valence-electron chi connectivity index (χ3n) is 5.34. The topological polar surface area (TPSA) is 102 Å². The molecule has 0 spiro atoms. The lowest BCUT2D eigenvalue weighted by molar-refractivity contribution is -0.130. The van der Waals surface area contributed by atoms with Crippen molar-refractivity contribution >= 4 is 21.9 Å². The molecule has 1 saturated carbocycles. The average Bonchev–Trinajstić information content (AvgIpc) is 2.65. The van der Waals surface area contributed by atoms with Gasteiger partial charge in [-0.25, -0.2) is 17.9 Å². The molecule has 0 bridgehead atoms. The van der Waals surface area contributed by atoms with Gasteiger partial charge in [0.2, 0.25) is 10.0 Å². The van der Waals surface area contributed by atoms with E-state index in [0.717, 1.165) is 19.3 Å². The highest BCUT2D eigenvalue weighted by molar-refractivity contribution is 7.89. The molecule has 1 amide bonds. The summed E-state index contributed by atoms with van der Waals surface area (Å²) in [5, 5.41) is 2.98. The Bertz CT molecular complexity index is 793. The fraction of sp³-hybridized carbons (Fsp3) is 0.579. The lowest BCUT2D eigenvalue weighted by atomic mass is 9.78. The van der Waals surface area contributed by atoms with Gasteiger partial charge in [-0.3, -0.25) is 4.79 Å². The predicted octanol–water partition coefficient (Wildman–Crippen LogP) is 2.08. The van der Waals surface area contributed by atoms with Crippen molar-refractivity contribution < 1.29 is 22.7 Å². The Labute approximate surface area is 160 Å². The number of nitrogens with one attached hydrogen (secondary N) is 2. The third-order valence-corrected chi connectivity index (χ3v) is 6.75. The maximum absolute atomic E-state index is 12.4. The quantitative estimate of drug-likeness (QED) is 0.717. The van der Waals surface area contributed by atoms with Gasteiger partial charge >= 0.3 is 5.97 Å². The monoisotopic (exact) mass is 396 g/mol. The second kappa shape index (κ2) is 8.84. The molecule has 27 heavy (non-hydrogen) atoms. The molecule has 1 aromatic rings. The standard InChI is InChI=1S/C19H28N2O5S/c1-12-7-5-10-17(13(12)2)21-18(22)14(3)26-19(23)15-8-6-9-16(11-15)27(24,25)20-4/h6,8-9,11-14,17,20H,5,7,10H2,1-4H3,(H,21,22)/t12-,13+,14+,17-/m0/s1. The Morgan fingerprint density at radius 3 is 2.59 bits per heavy atom. The molecule has 0 unspecified atom stereocenters. The summed E-state index contributed by atoms with van der Waals surface area (Å²) in [6.07, 6.45) is 2.18. The Morgan fingerprint density at radius 2 is 1.93 bits per heavy atom. The molecule has 0 aromatic heterocycles. The number of hydrogen-bond acceptors (Lipinski definition) is 5. The zero-order valence-electron chi connectivity index (χ0n) is 16.2. The van der Waals surface area contributed by atoms with Crippen molar-refractivity contribution in [3.05, 3.63) is 29.8 Å². The van der Waals surface area contributed by atoms with Crippen LogP contribution in [0, 0.1) is 11.8 Å². The summed E-state index contributed by atoms with van der Waals surface area (Å²) in [5.41, 5.74) is 0.0747. The summed E-state index contributed by atoms with van der Waals surface area (Å²) in [6.45, 7) is 5.82. The van der Waals surface area contributed by atoms with Crippen LogP contribution in [-0.4, -0.2) is 39.5 Å². The molecule has 2 rings (SSSR count). The Balaban J connectivity index is 2.01. The summed E-state index contributed by atoms with van der Waals surface area (Å²) in [5.74, 6) is -0.169. The smallest absolute Gasteiger partial charge is 0.338 e. The molecule has 4 atom stereocenters. The normalized spacial score (nSPS) is 24.1. The second-order valence-corrected chi connectivity index (χ2v) is 9.05. The molecule has 0 saturated heterocycles. The van der Waals surface area contributed by atoms with Crippen LogP contribution < -0.4 is 10.0 Å². The number of ether oxygens (including phenoxy) is 1. The molecule has 0 aliphatic heterocycles. The molecule has 0 heterocycles. The average molecular weight is 397 g/mol. The van der Waals surface area contributed by atoms with Crippen LogP contribution in [0.25, 0.3) is 0 Å². The number of rotatable bonds is 6. The van der Waals surface area contributed by atoms with Gasteiger partial charge in [-0.1, -0.05) is 32.8 Å². The van der Waals surface area contributed by atoms with E-state index in [4.69, 9.17) is 4.74 Å². The summed E-state index contributed by atoms with van der Waals surface area (Å²) in [7, 11) is -2.38. The van der Waals surface area contributed by atoms with Gasteiger partial charge in [0.1, 0.15) is 0 Å². The minimum Gasteiger partial charge on any atom is -0.449 e. The van der Waals surface area contributed by atoms with Gasteiger partial charge in [-0.2, -0.15) is 0 Å². The lowest BCUT2D eigenvalue weighted by Gasteiger charge is -2.35. The number of carbonyl (C=O) groups excluding carboxylic acids is 2. The molecule has 1 aromatic carbocycles. The van der Waals surface area contributed by atoms with Gasteiger partial charge in [-0.05, 0) is 50.4 Å². The fourth-order valence-electron chi connectivity index (χ4n) is 3.28. The van der Waals surface area contributed by atoms with Gasteiger partial charge in [-0.15, -0.1) is 0 Å². The van der Waals surface area contributed by atoms with Gasteiger partial charge < -0.3 is 10.1 Å². The highest BCUT2D eigenvalue weighted by Gasteiger charge is 2.30. The summed E-state index contributed by atoms with van der Waals surface area (Å²) >= 11 is 0. The van der Waals surface area contributed by atoms with Gasteiger partial charge in [0.05, 0.1) is 10.5 Å². The van der Waals surface area contributed by atoms with Crippen LogP contribution in [0.5, 0.6) is 0 Å². The second-order valence-electron chi connectivity index (χ2n) is 7.17. The maximum atomic E-state index is 12.4. The molecule has 0 radical (unpaired) electrons. The van der Waals surface area contributed by atoms with Crippen LogP contribution in [0.3, 0.4) is 0 Å². The molecular weight excluding hydrogens is 368 g/mol. The number of carbonyl (C=O) groups is 2. The summed E-state index contributed by atoms with van der Waals surface area (Å²) in [6, 6.07) is 5.59. The van der Waals surface area contributed by atoms with E-state index in [2.05, 4.69) is 23.9 Å². The van der Waals surface area contributed by atoms with Gasteiger partial charge in [0, 0.05) is 6.04 Å². The molecule has 1 aliphatic carbocycles. The van der Waals surface area contributed by atoms with Crippen molar-refractivity contribution in [1.29, 1.82) is 0 Å². The van der Waals surface area contributed by atoms with Crippen LogP contribution in [0.2, 0.25) is 0 Å². The van der Waals surface area contributed by atoms with Crippen LogP contribution in [0.1, 0.15) is 50.4 Å². The van der Waals surface area contributed by atoms with Crippen molar-refractivity contribution in [1.82, 2.24) is 10.0 Å². The molecule has 8 heteroatoms. The SMILES string of the molecule is CNS(=O)(=O)c1cccc(C(=O)O[C@H](C)C(=O)N[C@H]2CCC[C@H](C)[C@H]2C)c1. The molecular formula is C19H28N2O5S. The van der Waals surface area contributed by atoms with Gasteiger partial charge in [0.15, 0.2) is 6.10 Å². The largest absolute Gasteiger partial charge is 0.449 e. The first-order valence-electron chi connectivity index (χ1n) is 9.20. The van der Waals surface area contributed by atoms with Gasteiger partial charge in [0.25, 0.3) is 5.91 Å². The maximum Gasteiger partial charge on any atom is 0.338 e. The van der Waals surface area contributed by atoms with Crippen LogP contribution >= 0.6 is 0 Å². The van der Waals surface area contributed by atoms with E-state index in [9.17, 15) is 18.0 Å². The van der Waals surface area contributed by atoms with Crippen molar-refractivity contribution in [3.8, 4) is 0 Å². The third kappa shape index (κ3) is 5.29. The Morgan fingerprint density at radius 1 is 1.22 bits per heavy atom. The van der Waals surface area contributed by atoms with Crippen LogP contribution in [-0.2, 0) is 19.6 Å². The van der Waals surface area contributed by atoms with E-state index in [1.807, 2.05) is 0 Å². The highest BCUT2D eigenvalue weighted by Crippen LogP contribution is 2.29. The van der Waals surface area contributed by atoms with E-state index in [1.54, 1.807) is 0 Å². The van der Waals surface area contributed by atoms with Crippen molar-refractivity contribution in [2.45, 2.75) is 57.1 Å². The first-order chi connectivity index (χ1) is 12.7. The molecule has 1 fully saturated rings. The number of benzene rings is 1. The zero-order valence-corrected chi connectivity index (χ0v) is 17.0. The van der Waals surface area contributed by atoms with E-state index < -0.39 is 22.1 Å². The number of hydrogen-bond donors (Lipinski definition) is 2. The minimum atomic E-state index is -3.67. The molecule has 150 valence electrons. The van der Waals surface area contributed by atoms with Crippen LogP contribution in [0.15, 0.2) is 29.2 Å². The number of esters is 1. The van der Waals surface area contributed by atoms with Crippen LogP contribution in [0.4, 0.5) is 0 Å². The Hall–Kier alpha value is -1.93. The number of amides is 1. The van der Waals surface area contributed by atoms with Crippen molar-refractivity contribution in [2.24, 2.45) is 11.8 Å². The fourth-order valence-corrected chi connectivity index (χ4v) is 4.05. The predicted molar refractivity (Wildman–Crippen MR) is 102 cm³/mol.